The quantitative estimate of drug-likeness (QED) is 0.601. The first-order valence-corrected chi connectivity index (χ1v) is 13.1. The standard InChI is InChI=1S/C26H33N3O5S/c1-6-21(24(31)27-26(3,4)5)28(17-19-12-8-7-11-18(19)2)23(30)15-16-29-25(32)20-13-9-10-14-22(20)35(29,33)34/h7-14,21H,6,15-17H2,1-5H3,(H,27,31)/t21-/m0/s1. The van der Waals surface area contributed by atoms with E-state index in [0.717, 1.165) is 15.4 Å². The molecule has 9 heteroatoms. The molecule has 0 bridgehead atoms. The molecule has 2 aromatic carbocycles. The highest BCUT2D eigenvalue weighted by Crippen LogP contribution is 2.30. The number of rotatable bonds is 8. The Balaban J connectivity index is 1.86. The summed E-state index contributed by atoms with van der Waals surface area (Å²) >= 11 is 0. The second-order valence-electron chi connectivity index (χ2n) is 9.74. The molecule has 0 unspecified atom stereocenters. The average Bonchev–Trinajstić information content (AvgIpc) is 2.97. The molecule has 3 amide bonds. The third kappa shape index (κ3) is 5.73. The van der Waals surface area contributed by atoms with Crippen molar-refractivity contribution in [3.05, 3.63) is 65.2 Å². The maximum Gasteiger partial charge on any atom is 0.269 e. The van der Waals surface area contributed by atoms with Crippen molar-refractivity contribution in [1.29, 1.82) is 0 Å². The fraction of sp³-hybridized carbons (Fsp3) is 0.423. The Labute approximate surface area is 207 Å². The van der Waals surface area contributed by atoms with Crippen LogP contribution < -0.4 is 5.32 Å². The molecular weight excluding hydrogens is 466 g/mol. The van der Waals surface area contributed by atoms with E-state index in [-0.39, 0.29) is 35.9 Å². The zero-order valence-electron chi connectivity index (χ0n) is 20.9. The van der Waals surface area contributed by atoms with Crippen molar-refractivity contribution in [2.75, 3.05) is 6.54 Å². The first-order chi connectivity index (χ1) is 16.4. The second kappa shape index (κ2) is 10.2. The van der Waals surface area contributed by atoms with Gasteiger partial charge in [-0.2, -0.15) is 0 Å². The molecule has 1 atom stereocenters. The molecule has 1 aliphatic rings. The highest BCUT2D eigenvalue weighted by atomic mass is 32.2. The molecule has 0 radical (unpaired) electrons. The van der Waals surface area contributed by atoms with E-state index < -0.39 is 33.4 Å². The topological polar surface area (TPSA) is 104 Å². The molecule has 8 nitrogen and oxygen atoms in total. The van der Waals surface area contributed by atoms with Gasteiger partial charge in [0.25, 0.3) is 15.9 Å². The summed E-state index contributed by atoms with van der Waals surface area (Å²) in [5.74, 6) is -1.32. The van der Waals surface area contributed by atoms with Gasteiger partial charge in [-0.25, -0.2) is 12.7 Å². The van der Waals surface area contributed by atoms with Gasteiger partial charge in [-0.3, -0.25) is 14.4 Å². The predicted octanol–water partition coefficient (Wildman–Crippen LogP) is 3.25. The van der Waals surface area contributed by atoms with E-state index in [2.05, 4.69) is 5.32 Å². The van der Waals surface area contributed by atoms with Crippen LogP contribution in [0.2, 0.25) is 0 Å². The van der Waals surface area contributed by atoms with E-state index >= 15 is 0 Å². The fourth-order valence-corrected chi connectivity index (χ4v) is 5.71. The van der Waals surface area contributed by atoms with Crippen molar-refractivity contribution in [3.63, 3.8) is 0 Å². The summed E-state index contributed by atoms with van der Waals surface area (Å²) in [6.07, 6.45) is 0.149. The van der Waals surface area contributed by atoms with Gasteiger partial charge in [0.15, 0.2) is 0 Å². The number of amides is 3. The van der Waals surface area contributed by atoms with Gasteiger partial charge in [0.1, 0.15) is 10.9 Å². The van der Waals surface area contributed by atoms with Crippen LogP contribution in [0.5, 0.6) is 0 Å². The van der Waals surface area contributed by atoms with Crippen molar-refractivity contribution >= 4 is 27.7 Å². The number of benzene rings is 2. The lowest BCUT2D eigenvalue weighted by Crippen LogP contribution is -2.53. The molecule has 0 aliphatic carbocycles. The van der Waals surface area contributed by atoms with E-state index in [1.807, 2.05) is 58.9 Å². The second-order valence-corrected chi connectivity index (χ2v) is 11.6. The van der Waals surface area contributed by atoms with Crippen molar-refractivity contribution in [3.8, 4) is 0 Å². The third-order valence-corrected chi connectivity index (χ3v) is 7.77. The number of nitrogens with one attached hydrogen (secondary N) is 1. The zero-order chi connectivity index (χ0) is 26.0. The molecule has 1 N–H and O–H groups in total. The van der Waals surface area contributed by atoms with Crippen LogP contribution in [0.15, 0.2) is 53.4 Å². The van der Waals surface area contributed by atoms with Gasteiger partial charge in [0.05, 0.1) is 5.56 Å². The minimum atomic E-state index is -4.01. The molecule has 1 aliphatic heterocycles. The van der Waals surface area contributed by atoms with E-state index in [1.54, 1.807) is 12.1 Å². The van der Waals surface area contributed by atoms with Crippen LogP contribution in [0.25, 0.3) is 0 Å². The molecule has 188 valence electrons. The van der Waals surface area contributed by atoms with E-state index in [0.29, 0.717) is 6.42 Å². The SMILES string of the molecule is CC[C@@H](C(=O)NC(C)(C)C)N(Cc1ccccc1C)C(=O)CCN1C(=O)c2ccccc2S1(=O)=O. The third-order valence-electron chi connectivity index (χ3n) is 5.93. The zero-order valence-corrected chi connectivity index (χ0v) is 21.7. The van der Waals surface area contributed by atoms with Gasteiger partial charge >= 0.3 is 0 Å². The predicted molar refractivity (Wildman–Crippen MR) is 133 cm³/mol. The molecule has 0 saturated heterocycles. The first-order valence-electron chi connectivity index (χ1n) is 11.7. The summed E-state index contributed by atoms with van der Waals surface area (Å²) in [4.78, 5) is 40.8. The molecule has 0 spiro atoms. The molecule has 2 aromatic rings. The van der Waals surface area contributed by atoms with Gasteiger partial charge in [0.2, 0.25) is 11.8 Å². The van der Waals surface area contributed by atoms with Gasteiger partial charge in [-0.1, -0.05) is 43.3 Å². The number of aryl methyl sites for hydroxylation is 1. The van der Waals surface area contributed by atoms with Crippen LogP contribution in [0.3, 0.4) is 0 Å². The average molecular weight is 500 g/mol. The Kier molecular flexibility index (Phi) is 7.69. The van der Waals surface area contributed by atoms with Crippen LogP contribution >= 0.6 is 0 Å². The van der Waals surface area contributed by atoms with Crippen LogP contribution in [-0.4, -0.2) is 53.5 Å². The van der Waals surface area contributed by atoms with Crippen molar-refractivity contribution in [2.45, 2.75) is 70.5 Å². The summed E-state index contributed by atoms with van der Waals surface area (Å²) in [6, 6.07) is 12.9. The van der Waals surface area contributed by atoms with Crippen molar-refractivity contribution < 1.29 is 22.8 Å². The van der Waals surface area contributed by atoms with Crippen molar-refractivity contribution in [2.24, 2.45) is 0 Å². The van der Waals surface area contributed by atoms with Gasteiger partial charge in [0, 0.05) is 25.0 Å². The number of carbonyl (C=O) groups is 3. The first kappa shape index (κ1) is 26.4. The van der Waals surface area contributed by atoms with Crippen LogP contribution in [0.1, 0.15) is 62.0 Å². The number of hydrogen-bond donors (Lipinski definition) is 1. The molecule has 1 heterocycles. The van der Waals surface area contributed by atoms with Crippen molar-refractivity contribution in [1.82, 2.24) is 14.5 Å². The normalized spacial score (nSPS) is 15.5. The monoisotopic (exact) mass is 499 g/mol. The fourth-order valence-electron chi connectivity index (χ4n) is 4.14. The van der Waals surface area contributed by atoms with E-state index in [9.17, 15) is 22.8 Å². The highest BCUT2D eigenvalue weighted by molar-refractivity contribution is 7.90. The lowest BCUT2D eigenvalue weighted by molar-refractivity contribution is -0.142. The number of sulfonamides is 1. The Morgan fingerprint density at radius 2 is 1.69 bits per heavy atom. The minimum absolute atomic E-state index is 0.0507. The summed E-state index contributed by atoms with van der Waals surface area (Å²) in [5, 5.41) is 2.94. The van der Waals surface area contributed by atoms with Crippen LogP contribution in [0.4, 0.5) is 0 Å². The molecular formula is C26H33N3O5S. The van der Waals surface area contributed by atoms with Crippen LogP contribution in [-0.2, 0) is 26.2 Å². The number of fused-ring (bicyclic) bond motifs is 1. The van der Waals surface area contributed by atoms with E-state index in [4.69, 9.17) is 0 Å². The summed E-state index contributed by atoms with van der Waals surface area (Å²) in [7, 11) is -4.01. The Bertz CT molecular complexity index is 1230. The number of hydrogen-bond acceptors (Lipinski definition) is 5. The smallest absolute Gasteiger partial charge is 0.269 e. The Morgan fingerprint density at radius 1 is 1.06 bits per heavy atom. The lowest BCUT2D eigenvalue weighted by Gasteiger charge is -2.33. The van der Waals surface area contributed by atoms with Gasteiger partial charge in [-0.05, 0) is 57.4 Å². The summed E-state index contributed by atoms with van der Waals surface area (Å²) in [5.41, 5.74) is 1.49. The molecule has 0 saturated carbocycles. The maximum absolute atomic E-state index is 13.5. The van der Waals surface area contributed by atoms with Gasteiger partial charge in [-0.15, -0.1) is 0 Å². The summed E-state index contributed by atoms with van der Waals surface area (Å²) in [6.45, 7) is 9.27. The summed E-state index contributed by atoms with van der Waals surface area (Å²) < 4.78 is 26.5. The Morgan fingerprint density at radius 3 is 2.29 bits per heavy atom. The van der Waals surface area contributed by atoms with E-state index in [1.165, 1.54) is 17.0 Å². The number of nitrogens with zero attached hydrogens (tertiary/aromatic N) is 2. The largest absolute Gasteiger partial charge is 0.350 e. The molecule has 0 aromatic heterocycles. The maximum atomic E-state index is 13.5. The van der Waals surface area contributed by atoms with Gasteiger partial charge < -0.3 is 10.2 Å². The number of carbonyl (C=O) groups excluding carboxylic acids is 3. The minimum Gasteiger partial charge on any atom is -0.350 e. The lowest BCUT2D eigenvalue weighted by atomic mass is 10.0. The Hall–Kier alpha value is -3.20. The highest BCUT2D eigenvalue weighted by Gasteiger charge is 2.41. The molecule has 0 fully saturated rings. The molecule has 3 rings (SSSR count). The van der Waals surface area contributed by atoms with Crippen LogP contribution in [0, 0.1) is 6.92 Å². The molecule has 35 heavy (non-hydrogen) atoms.